The van der Waals surface area contributed by atoms with Crippen molar-refractivity contribution in [1.82, 2.24) is 14.7 Å². The molecule has 2 aromatic rings. The Labute approximate surface area is 123 Å². The molecule has 0 spiro atoms. The van der Waals surface area contributed by atoms with Gasteiger partial charge in [-0.05, 0) is 30.5 Å². The zero-order valence-electron chi connectivity index (χ0n) is 12.0. The number of carbonyl (C=O) groups is 1. The second-order valence-electron chi connectivity index (χ2n) is 5.55. The van der Waals surface area contributed by atoms with Gasteiger partial charge in [0.05, 0.1) is 12.6 Å². The fourth-order valence-corrected chi connectivity index (χ4v) is 2.52. The van der Waals surface area contributed by atoms with Gasteiger partial charge in [0.1, 0.15) is 5.76 Å². The number of carbonyl (C=O) groups excluding carboxylic acids is 1. The second kappa shape index (κ2) is 5.73. The third-order valence-corrected chi connectivity index (χ3v) is 3.96. The number of likely N-dealkylation sites (tertiary alicyclic amines) is 1. The number of furan rings is 1. The largest absolute Gasteiger partial charge is 0.454 e. The van der Waals surface area contributed by atoms with Gasteiger partial charge in [-0.1, -0.05) is 6.92 Å². The summed E-state index contributed by atoms with van der Waals surface area (Å²) in [4.78, 5) is 14.0. The van der Waals surface area contributed by atoms with Crippen LogP contribution in [0, 0.1) is 5.92 Å². The fourth-order valence-electron chi connectivity index (χ4n) is 2.52. The maximum absolute atomic E-state index is 12.4. The summed E-state index contributed by atoms with van der Waals surface area (Å²) in [5.41, 5.74) is 0. The second-order valence-corrected chi connectivity index (χ2v) is 5.55. The minimum atomic E-state index is -0.457. The van der Waals surface area contributed by atoms with E-state index in [2.05, 4.69) is 5.10 Å². The van der Waals surface area contributed by atoms with Gasteiger partial charge in [-0.25, -0.2) is 0 Å². The van der Waals surface area contributed by atoms with E-state index in [0.29, 0.717) is 31.2 Å². The molecule has 2 unspecified atom stereocenters. The van der Waals surface area contributed by atoms with Crippen molar-refractivity contribution in [3.8, 4) is 0 Å². The van der Waals surface area contributed by atoms with E-state index >= 15 is 0 Å². The van der Waals surface area contributed by atoms with Crippen LogP contribution in [-0.4, -0.2) is 44.9 Å². The zero-order valence-corrected chi connectivity index (χ0v) is 12.0. The van der Waals surface area contributed by atoms with Crippen LogP contribution in [0.25, 0.3) is 0 Å². The number of hydrogen-bond donors (Lipinski definition) is 1. The van der Waals surface area contributed by atoms with E-state index < -0.39 is 6.10 Å². The number of amides is 1. The lowest BCUT2D eigenvalue weighted by molar-refractivity contribution is 0.0230. The Kier molecular flexibility index (Phi) is 3.79. The molecule has 1 fully saturated rings. The summed E-state index contributed by atoms with van der Waals surface area (Å²) < 4.78 is 7.34. The normalized spacial score (nSPS) is 22.5. The molecule has 21 heavy (non-hydrogen) atoms. The molecule has 6 heteroatoms. The Morgan fingerprint density at radius 3 is 3.10 bits per heavy atom. The van der Waals surface area contributed by atoms with Crippen molar-refractivity contribution in [3.63, 3.8) is 0 Å². The van der Waals surface area contributed by atoms with Crippen LogP contribution in [0.4, 0.5) is 0 Å². The summed E-state index contributed by atoms with van der Waals surface area (Å²) in [5, 5.41) is 14.0. The lowest BCUT2D eigenvalue weighted by Crippen LogP contribution is -2.45. The minimum Gasteiger partial charge on any atom is -0.454 e. The third-order valence-electron chi connectivity index (χ3n) is 3.96. The van der Waals surface area contributed by atoms with E-state index in [9.17, 15) is 9.90 Å². The summed E-state index contributed by atoms with van der Waals surface area (Å²) in [7, 11) is 0. The molecule has 0 aromatic carbocycles. The van der Waals surface area contributed by atoms with Crippen molar-refractivity contribution >= 4 is 5.91 Å². The molecule has 0 saturated carbocycles. The van der Waals surface area contributed by atoms with E-state index in [1.807, 2.05) is 19.2 Å². The number of aliphatic hydroxyl groups is 1. The summed E-state index contributed by atoms with van der Waals surface area (Å²) in [6.07, 6.45) is 3.90. The van der Waals surface area contributed by atoms with Gasteiger partial charge >= 0.3 is 0 Å². The van der Waals surface area contributed by atoms with Crippen LogP contribution in [-0.2, 0) is 6.54 Å². The lowest BCUT2D eigenvalue weighted by atomic mass is 9.96. The lowest BCUT2D eigenvalue weighted by Gasteiger charge is -2.33. The summed E-state index contributed by atoms with van der Waals surface area (Å²) >= 11 is 0. The first kappa shape index (κ1) is 13.9. The van der Waals surface area contributed by atoms with Crippen molar-refractivity contribution in [1.29, 1.82) is 0 Å². The summed E-state index contributed by atoms with van der Waals surface area (Å²) in [5.74, 6) is 1.08. The van der Waals surface area contributed by atoms with Gasteiger partial charge in [0.25, 0.3) is 5.91 Å². The Morgan fingerprint density at radius 2 is 2.38 bits per heavy atom. The molecule has 0 aliphatic carbocycles. The van der Waals surface area contributed by atoms with E-state index in [-0.39, 0.29) is 11.8 Å². The Balaban J connectivity index is 1.67. The van der Waals surface area contributed by atoms with E-state index in [1.165, 1.54) is 0 Å². The molecule has 0 radical (unpaired) electrons. The first-order valence-electron chi connectivity index (χ1n) is 7.17. The summed E-state index contributed by atoms with van der Waals surface area (Å²) in [6.45, 7) is 3.53. The molecule has 112 valence electrons. The average Bonchev–Trinajstić information content (AvgIpc) is 3.13. The minimum absolute atomic E-state index is 0.160. The average molecular weight is 289 g/mol. The van der Waals surface area contributed by atoms with Crippen molar-refractivity contribution in [2.24, 2.45) is 5.92 Å². The molecule has 0 bridgehead atoms. The number of rotatable bonds is 3. The first-order valence-corrected chi connectivity index (χ1v) is 7.17. The number of β-amino-alcohol motifs (C(OH)–C–C–N with tert-alkyl or cyclic N) is 1. The highest BCUT2D eigenvalue weighted by Gasteiger charge is 2.29. The number of hydrogen-bond acceptors (Lipinski definition) is 4. The number of nitrogens with zero attached hydrogens (tertiary/aromatic N) is 3. The van der Waals surface area contributed by atoms with E-state index in [4.69, 9.17) is 4.42 Å². The molecule has 1 N–H and O–H groups in total. The van der Waals surface area contributed by atoms with Crippen LogP contribution in [0.2, 0.25) is 0 Å². The Bertz CT molecular complexity index is 605. The van der Waals surface area contributed by atoms with Crippen LogP contribution in [0.1, 0.15) is 29.7 Å². The first-order chi connectivity index (χ1) is 10.1. The van der Waals surface area contributed by atoms with Gasteiger partial charge in [-0.3, -0.25) is 9.48 Å². The number of aromatic nitrogens is 2. The summed E-state index contributed by atoms with van der Waals surface area (Å²) in [6, 6.07) is 5.31. The molecule has 3 rings (SSSR count). The quantitative estimate of drug-likeness (QED) is 0.926. The highest BCUT2D eigenvalue weighted by molar-refractivity contribution is 5.91. The highest BCUT2D eigenvalue weighted by Crippen LogP contribution is 2.20. The molecule has 2 atom stereocenters. The van der Waals surface area contributed by atoms with Crippen LogP contribution < -0.4 is 0 Å². The standard InChI is InChI=1S/C15H19N3O3/c1-11-5-8-17(10-13(11)19)15(20)14-4-3-12(21-14)9-18-7-2-6-16-18/h2-4,6-7,11,13,19H,5,8-10H2,1H3. The third kappa shape index (κ3) is 3.00. The predicted octanol–water partition coefficient (Wildman–Crippen LogP) is 1.37. The zero-order chi connectivity index (χ0) is 14.8. The van der Waals surface area contributed by atoms with Crippen molar-refractivity contribution < 1.29 is 14.3 Å². The predicted molar refractivity (Wildman–Crippen MR) is 75.7 cm³/mol. The van der Waals surface area contributed by atoms with Crippen LogP contribution >= 0.6 is 0 Å². The van der Waals surface area contributed by atoms with Crippen LogP contribution in [0.15, 0.2) is 35.0 Å². The van der Waals surface area contributed by atoms with E-state index in [1.54, 1.807) is 27.9 Å². The molecule has 1 aliphatic rings. The van der Waals surface area contributed by atoms with Gasteiger partial charge in [-0.15, -0.1) is 0 Å². The smallest absolute Gasteiger partial charge is 0.289 e. The molecular formula is C15H19N3O3. The van der Waals surface area contributed by atoms with Gasteiger partial charge in [0.2, 0.25) is 0 Å². The molecular weight excluding hydrogens is 270 g/mol. The monoisotopic (exact) mass is 289 g/mol. The van der Waals surface area contributed by atoms with Crippen molar-refractivity contribution in [2.75, 3.05) is 13.1 Å². The van der Waals surface area contributed by atoms with E-state index in [0.717, 1.165) is 6.42 Å². The molecule has 1 aliphatic heterocycles. The number of aliphatic hydroxyl groups excluding tert-OH is 1. The highest BCUT2D eigenvalue weighted by atomic mass is 16.4. The molecule has 2 aromatic heterocycles. The Hall–Kier alpha value is -2.08. The SMILES string of the molecule is CC1CCN(C(=O)c2ccc(Cn3cccn3)o2)CC1O. The van der Waals surface area contributed by atoms with Gasteiger partial charge in [0.15, 0.2) is 5.76 Å². The maximum Gasteiger partial charge on any atom is 0.289 e. The Morgan fingerprint density at radius 1 is 1.52 bits per heavy atom. The van der Waals surface area contributed by atoms with Crippen LogP contribution in [0.3, 0.4) is 0 Å². The van der Waals surface area contributed by atoms with Crippen molar-refractivity contribution in [2.45, 2.75) is 26.0 Å². The van der Waals surface area contributed by atoms with Crippen molar-refractivity contribution in [3.05, 3.63) is 42.1 Å². The van der Waals surface area contributed by atoms with Gasteiger partial charge < -0.3 is 14.4 Å². The molecule has 6 nitrogen and oxygen atoms in total. The number of piperidine rings is 1. The molecule has 3 heterocycles. The molecule has 1 saturated heterocycles. The van der Waals surface area contributed by atoms with Gasteiger partial charge in [-0.2, -0.15) is 5.10 Å². The maximum atomic E-state index is 12.4. The molecule has 1 amide bonds. The fraction of sp³-hybridized carbons (Fsp3) is 0.467. The van der Waals surface area contributed by atoms with Gasteiger partial charge in [0, 0.05) is 25.5 Å². The topological polar surface area (TPSA) is 71.5 Å². The van der Waals surface area contributed by atoms with Crippen LogP contribution in [0.5, 0.6) is 0 Å².